The van der Waals surface area contributed by atoms with Gasteiger partial charge in [0.25, 0.3) is 0 Å². The fourth-order valence-electron chi connectivity index (χ4n) is 3.75. The van der Waals surface area contributed by atoms with Gasteiger partial charge in [0.15, 0.2) is 0 Å². The molecule has 2 aliphatic rings. The van der Waals surface area contributed by atoms with E-state index in [4.69, 9.17) is 0 Å². The zero-order chi connectivity index (χ0) is 14.3. The van der Waals surface area contributed by atoms with E-state index in [0.29, 0.717) is 19.3 Å². The Balaban J connectivity index is 1.58. The molecule has 4 heteroatoms. The second-order valence-corrected chi connectivity index (χ2v) is 6.23. The van der Waals surface area contributed by atoms with Crippen LogP contribution in [0.2, 0.25) is 0 Å². The lowest BCUT2D eigenvalue weighted by atomic mass is 9.87. The normalized spacial score (nSPS) is 22.8. The van der Waals surface area contributed by atoms with Crippen molar-refractivity contribution in [1.82, 2.24) is 14.9 Å². The van der Waals surface area contributed by atoms with Crippen molar-refractivity contribution in [1.29, 1.82) is 0 Å². The monoisotopic (exact) mass is 285 g/mol. The largest absolute Gasteiger partial charge is 0.323 e. The summed E-state index contributed by atoms with van der Waals surface area (Å²) >= 11 is 0. The number of imidazole rings is 1. The Morgan fingerprint density at radius 3 is 2.95 bits per heavy atom. The molecule has 0 unspecified atom stereocenters. The molecule has 2 aromatic rings. The molecule has 3 heterocycles. The molecule has 1 saturated heterocycles. The number of piperidine rings is 1. The van der Waals surface area contributed by atoms with Gasteiger partial charge in [0.05, 0.1) is 24.3 Å². The first-order valence-electron chi connectivity index (χ1n) is 7.78. The average molecular weight is 285 g/mol. The summed E-state index contributed by atoms with van der Waals surface area (Å²) < 4.78 is 17.0. The minimum absolute atomic E-state index is 0.237. The van der Waals surface area contributed by atoms with Gasteiger partial charge in [0, 0.05) is 5.56 Å². The Morgan fingerprint density at radius 2 is 2.10 bits per heavy atom. The number of rotatable bonds is 3. The van der Waals surface area contributed by atoms with E-state index in [0.717, 1.165) is 25.2 Å². The van der Waals surface area contributed by atoms with Gasteiger partial charge in [-0.1, -0.05) is 24.3 Å². The van der Waals surface area contributed by atoms with Gasteiger partial charge in [-0.15, -0.1) is 0 Å². The van der Waals surface area contributed by atoms with Gasteiger partial charge in [-0.2, -0.15) is 0 Å². The van der Waals surface area contributed by atoms with Crippen molar-refractivity contribution in [3.05, 3.63) is 42.4 Å². The number of halogens is 1. The maximum atomic E-state index is 14.8. The molecule has 0 bridgehead atoms. The lowest BCUT2D eigenvalue weighted by Crippen LogP contribution is -2.38. The van der Waals surface area contributed by atoms with E-state index in [-0.39, 0.29) is 6.04 Å². The minimum Gasteiger partial charge on any atom is -0.323 e. The molecule has 0 aliphatic carbocycles. The third-order valence-corrected chi connectivity index (χ3v) is 4.96. The number of alkyl halides is 1. The van der Waals surface area contributed by atoms with E-state index in [1.54, 1.807) is 0 Å². The third kappa shape index (κ3) is 2.18. The summed E-state index contributed by atoms with van der Waals surface area (Å²) in [6, 6.07) is 8.67. The minimum atomic E-state index is -0.996. The van der Waals surface area contributed by atoms with E-state index in [2.05, 4.69) is 39.1 Å². The van der Waals surface area contributed by atoms with Gasteiger partial charge in [-0.3, -0.25) is 0 Å². The molecule has 4 rings (SSSR count). The molecular weight excluding hydrogens is 265 g/mol. The predicted octanol–water partition coefficient (Wildman–Crippen LogP) is 3.32. The van der Waals surface area contributed by atoms with Crippen LogP contribution in [0.15, 0.2) is 36.8 Å². The van der Waals surface area contributed by atoms with E-state index < -0.39 is 5.67 Å². The van der Waals surface area contributed by atoms with E-state index in [1.807, 2.05) is 12.5 Å². The fraction of sp³-hybridized carbons (Fsp3) is 0.471. The van der Waals surface area contributed by atoms with Crippen molar-refractivity contribution >= 4 is 0 Å². The molecule has 21 heavy (non-hydrogen) atoms. The Labute approximate surface area is 124 Å². The first kappa shape index (κ1) is 13.0. The average Bonchev–Trinajstić information content (AvgIpc) is 3.07. The van der Waals surface area contributed by atoms with Crippen molar-refractivity contribution in [2.24, 2.45) is 0 Å². The van der Waals surface area contributed by atoms with Crippen LogP contribution in [-0.4, -0.2) is 28.3 Å². The summed E-state index contributed by atoms with van der Waals surface area (Å²) in [5, 5.41) is 3.24. The zero-order valence-electron chi connectivity index (χ0n) is 12.1. The van der Waals surface area contributed by atoms with Gasteiger partial charge < -0.3 is 9.88 Å². The topological polar surface area (TPSA) is 29.9 Å². The highest BCUT2D eigenvalue weighted by molar-refractivity contribution is 5.68. The lowest BCUT2D eigenvalue weighted by molar-refractivity contribution is 0.0985. The number of nitrogens with one attached hydrogen (secondary N) is 1. The molecule has 1 atom stereocenters. The van der Waals surface area contributed by atoms with Crippen molar-refractivity contribution in [3.8, 4) is 11.3 Å². The Morgan fingerprint density at radius 1 is 1.29 bits per heavy atom. The molecule has 0 saturated carbocycles. The van der Waals surface area contributed by atoms with Crippen molar-refractivity contribution in [3.63, 3.8) is 0 Å². The van der Waals surface area contributed by atoms with Crippen LogP contribution in [0.4, 0.5) is 4.39 Å². The van der Waals surface area contributed by atoms with Crippen LogP contribution in [0.25, 0.3) is 11.3 Å². The summed E-state index contributed by atoms with van der Waals surface area (Å²) in [5.74, 6) is 0. The Bertz CT molecular complexity index is 643. The molecule has 0 spiro atoms. The lowest BCUT2D eigenvalue weighted by Gasteiger charge is -2.31. The van der Waals surface area contributed by atoms with Crippen LogP contribution < -0.4 is 5.32 Å². The van der Waals surface area contributed by atoms with Gasteiger partial charge in [0.2, 0.25) is 0 Å². The van der Waals surface area contributed by atoms with Crippen LogP contribution in [0, 0.1) is 0 Å². The maximum absolute atomic E-state index is 14.8. The van der Waals surface area contributed by atoms with Gasteiger partial charge in [-0.25, -0.2) is 9.37 Å². The van der Waals surface area contributed by atoms with Crippen LogP contribution in [0.5, 0.6) is 0 Å². The van der Waals surface area contributed by atoms with Crippen LogP contribution in [0.1, 0.15) is 37.3 Å². The number of benzene rings is 1. The Hall–Kier alpha value is -1.68. The number of hydrogen-bond donors (Lipinski definition) is 1. The summed E-state index contributed by atoms with van der Waals surface area (Å²) in [7, 11) is 0. The number of hydrogen-bond acceptors (Lipinski definition) is 2. The Kier molecular flexibility index (Phi) is 3.07. The molecule has 1 aromatic carbocycles. The van der Waals surface area contributed by atoms with Gasteiger partial charge in [-0.05, 0) is 44.3 Å². The molecular formula is C17H20FN3. The highest BCUT2D eigenvalue weighted by Crippen LogP contribution is 2.43. The molecule has 1 fully saturated rings. The standard InChI is InChI=1S/C17H20FN3/c18-17(7-9-19-10-8-17)6-5-15-13-3-1-2-4-14(13)16-11-20-12-21(15)16/h1-4,11-12,15,19H,5-10H2/t15-/m0/s1. The van der Waals surface area contributed by atoms with E-state index in [1.165, 1.54) is 11.1 Å². The molecule has 1 N–H and O–H groups in total. The highest BCUT2D eigenvalue weighted by atomic mass is 19.1. The molecule has 3 nitrogen and oxygen atoms in total. The summed E-state index contributed by atoms with van der Waals surface area (Å²) in [6.07, 6.45) is 6.54. The number of nitrogens with zero attached hydrogens (tertiary/aromatic N) is 2. The third-order valence-electron chi connectivity index (χ3n) is 4.96. The smallest absolute Gasteiger partial charge is 0.113 e. The van der Waals surface area contributed by atoms with Crippen molar-refractivity contribution < 1.29 is 4.39 Å². The van der Waals surface area contributed by atoms with Crippen LogP contribution >= 0.6 is 0 Å². The summed E-state index contributed by atoms with van der Waals surface area (Å²) in [4.78, 5) is 4.26. The summed E-state index contributed by atoms with van der Waals surface area (Å²) in [5.41, 5.74) is 2.73. The second-order valence-electron chi connectivity index (χ2n) is 6.23. The SMILES string of the molecule is FC1(CC[C@H]2c3ccccc3-c3cncn32)CCNCC1. The first-order valence-corrected chi connectivity index (χ1v) is 7.78. The van der Waals surface area contributed by atoms with Gasteiger partial charge >= 0.3 is 0 Å². The van der Waals surface area contributed by atoms with Crippen molar-refractivity contribution in [2.75, 3.05) is 13.1 Å². The first-order chi connectivity index (χ1) is 10.3. The van der Waals surface area contributed by atoms with E-state index in [9.17, 15) is 4.39 Å². The second kappa shape index (κ2) is 4.95. The highest BCUT2D eigenvalue weighted by Gasteiger charge is 2.35. The van der Waals surface area contributed by atoms with Crippen molar-refractivity contribution in [2.45, 2.75) is 37.4 Å². The molecule has 110 valence electrons. The number of fused-ring (bicyclic) bond motifs is 3. The molecule has 0 radical (unpaired) electrons. The summed E-state index contributed by atoms with van der Waals surface area (Å²) in [6.45, 7) is 1.60. The zero-order valence-corrected chi connectivity index (χ0v) is 12.1. The molecule has 1 aromatic heterocycles. The van der Waals surface area contributed by atoms with Crippen LogP contribution in [0.3, 0.4) is 0 Å². The molecule has 0 amide bonds. The van der Waals surface area contributed by atoms with E-state index >= 15 is 0 Å². The number of aromatic nitrogens is 2. The molecule has 2 aliphatic heterocycles. The van der Waals surface area contributed by atoms with Gasteiger partial charge in [0.1, 0.15) is 5.67 Å². The predicted molar refractivity (Wildman–Crippen MR) is 81.0 cm³/mol. The fourth-order valence-corrected chi connectivity index (χ4v) is 3.75. The van der Waals surface area contributed by atoms with Crippen LogP contribution in [-0.2, 0) is 0 Å². The quantitative estimate of drug-likeness (QED) is 0.937. The maximum Gasteiger partial charge on any atom is 0.113 e.